The van der Waals surface area contributed by atoms with Crippen LogP contribution in [0.4, 0.5) is 8.78 Å². The fourth-order valence-corrected chi connectivity index (χ4v) is 5.05. The van der Waals surface area contributed by atoms with E-state index in [2.05, 4.69) is 14.5 Å². The zero-order chi connectivity index (χ0) is 25.4. The van der Waals surface area contributed by atoms with Gasteiger partial charge in [0.15, 0.2) is 11.4 Å². The van der Waals surface area contributed by atoms with Crippen LogP contribution in [0.25, 0.3) is 28.3 Å². The number of benzene rings is 1. The molecule has 0 amide bonds. The number of pyridine rings is 1. The van der Waals surface area contributed by atoms with E-state index < -0.39 is 5.95 Å². The van der Waals surface area contributed by atoms with Crippen molar-refractivity contribution in [2.24, 2.45) is 0 Å². The van der Waals surface area contributed by atoms with Crippen molar-refractivity contribution in [2.75, 3.05) is 0 Å². The minimum Gasteiger partial charge on any atom is -0.326 e. The number of fused-ring (bicyclic) bond motifs is 1. The first-order valence-electron chi connectivity index (χ1n) is 12.4. The van der Waals surface area contributed by atoms with Crippen LogP contribution in [-0.2, 0) is 6.42 Å². The number of rotatable bonds is 6. The van der Waals surface area contributed by atoms with Crippen molar-refractivity contribution in [1.29, 1.82) is 0 Å². The van der Waals surface area contributed by atoms with E-state index in [0.29, 0.717) is 23.1 Å². The minimum atomic E-state index is -0.696. The molecule has 0 aliphatic heterocycles. The highest BCUT2D eigenvalue weighted by molar-refractivity contribution is 5.97. The van der Waals surface area contributed by atoms with E-state index in [1.807, 2.05) is 18.5 Å². The molecular formula is C28H24F2N6O. The van der Waals surface area contributed by atoms with Crippen molar-refractivity contribution < 1.29 is 13.6 Å². The fourth-order valence-electron chi connectivity index (χ4n) is 5.05. The molecule has 186 valence electrons. The number of Topliss-reactive ketones (excluding diaryl/α,β-unsaturated/α-hetero) is 1. The second kappa shape index (κ2) is 9.65. The van der Waals surface area contributed by atoms with Crippen molar-refractivity contribution >= 4 is 11.4 Å². The van der Waals surface area contributed by atoms with Gasteiger partial charge in [-0.2, -0.15) is 9.49 Å². The number of aromatic nitrogens is 6. The predicted octanol–water partition coefficient (Wildman–Crippen LogP) is 5.86. The number of carbonyl (C=O) groups excluding carboxylic acids is 1. The molecule has 9 heteroatoms. The van der Waals surface area contributed by atoms with Gasteiger partial charge in [0.25, 0.3) is 0 Å². The fraction of sp³-hybridized carbons (Fsp3) is 0.250. The molecule has 6 rings (SSSR count). The highest BCUT2D eigenvalue weighted by Crippen LogP contribution is 2.37. The summed E-state index contributed by atoms with van der Waals surface area (Å²) in [6, 6.07) is 13.0. The Morgan fingerprint density at radius 3 is 2.57 bits per heavy atom. The lowest BCUT2D eigenvalue weighted by Crippen LogP contribution is -2.13. The maximum Gasteiger partial charge on any atom is 0.213 e. The number of halogens is 2. The van der Waals surface area contributed by atoms with Crippen LogP contribution in [0.15, 0.2) is 67.3 Å². The van der Waals surface area contributed by atoms with E-state index in [1.54, 1.807) is 22.8 Å². The Balaban J connectivity index is 1.38. The summed E-state index contributed by atoms with van der Waals surface area (Å²) in [5.74, 6) is -1.25. The zero-order valence-electron chi connectivity index (χ0n) is 20.0. The lowest BCUT2D eigenvalue weighted by atomic mass is 9.95. The first-order chi connectivity index (χ1) is 18.0. The van der Waals surface area contributed by atoms with Gasteiger partial charge in [-0.25, -0.2) is 23.9 Å². The third-order valence-corrected chi connectivity index (χ3v) is 6.88. The van der Waals surface area contributed by atoms with Gasteiger partial charge in [0.2, 0.25) is 5.95 Å². The van der Waals surface area contributed by atoms with Gasteiger partial charge >= 0.3 is 0 Å². The molecule has 0 unspecified atom stereocenters. The van der Waals surface area contributed by atoms with E-state index in [0.717, 1.165) is 35.9 Å². The summed E-state index contributed by atoms with van der Waals surface area (Å²) in [6.07, 6.45) is 10.6. The second-order valence-corrected chi connectivity index (χ2v) is 9.37. The van der Waals surface area contributed by atoms with Crippen molar-refractivity contribution in [3.05, 3.63) is 90.3 Å². The van der Waals surface area contributed by atoms with Crippen molar-refractivity contribution in [3.8, 4) is 22.6 Å². The molecule has 0 saturated heterocycles. The largest absolute Gasteiger partial charge is 0.326 e. The lowest BCUT2D eigenvalue weighted by Gasteiger charge is -2.25. The van der Waals surface area contributed by atoms with Gasteiger partial charge in [0.05, 0.1) is 36.0 Å². The Bertz CT molecular complexity index is 1580. The van der Waals surface area contributed by atoms with Crippen molar-refractivity contribution in [1.82, 2.24) is 29.1 Å². The molecule has 0 bridgehead atoms. The number of hydrogen-bond acceptors (Lipinski definition) is 5. The highest BCUT2D eigenvalue weighted by Gasteiger charge is 2.24. The van der Waals surface area contributed by atoms with Crippen LogP contribution >= 0.6 is 0 Å². The third-order valence-electron chi connectivity index (χ3n) is 6.88. The maximum absolute atomic E-state index is 13.6. The molecule has 4 heterocycles. The van der Waals surface area contributed by atoms with E-state index in [4.69, 9.17) is 10.1 Å². The quantitative estimate of drug-likeness (QED) is 0.216. The Kier molecular flexibility index (Phi) is 6.04. The summed E-state index contributed by atoms with van der Waals surface area (Å²) in [5.41, 5.74) is 4.52. The van der Waals surface area contributed by atoms with Gasteiger partial charge < -0.3 is 4.57 Å². The van der Waals surface area contributed by atoms with Gasteiger partial charge in [0.1, 0.15) is 11.5 Å². The summed E-state index contributed by atoms with van der Waals surface area (Å²) >= 11 is 0. The molecule has 5 aromatic rings. The molecule has 0 radical (unpaired) electrons. The summed E-state index contributed by atoms with van der Waals surface area (Å²) in [6.45, 7) is 0. The van der Waals surface area contributed by atoms with Crippen molar-refractivity contribution in [3.63, 3.8) is 0 Å². The summed E-state index contributed by atoms with van der Waals surface area (Å²) in [4.78, 5) is 25.4. The van der Waals surface area contributed by atoms with Crippen LogP contribution in [0.1, 0.15) is 54.2 Å². The van der Waals surface area contributed by atoms with Gasteiger partial charge in [-0.15, -0.1) is 0 Å². The number of nitrogens with zero attached hydrogens (tertiary/aromatic N) is 6. The van der Waals surface area contributed by atoms with E-state index in [1.165, 1.54) is 43.7 Å². The Labute approximate surface area is 211 Å². The van der Waals surface area contributed by atoms with Crippen molar-refractivity contribution in [2.45, 2.75) is 44.6 Å². The molecule has 1 aliphatic carbocycles. The van der Waals surface area contributed by atoms with E-state index in [-0.39, 0.29) is 23.6 Å². The first kappa shape index (κ1) is 23.1. The summed E-state index contributed by atoms with van der Waals surface area (Å²) < 4.78 is 30.9. The van der Waals surface area contributed by atoms with E-state index >= 15 is 0 Å². The molecule has 1 aliphatic rings. The molecule has 0 spiro atoms. The highest BCUT2D eigenvalue weighted by atomic mass is 19.1. The predicted molar refractivity (Wildman–Crippen MR) is 134 cm³/mol. The minimum absolute atomic E-state index is 0.0168. The van der Waals surface area contributed by atoms with Crippen LogP contribution in [0.5, 0.6) is 0 Å². The molecule has 0 atom stereocenters. The molecule has 37 heavy (non-hydrogen) atoms. The summed E-state index contributed by atoms with van der Waals surface area (Å²) in [7, 11) is 0. The topological polar surface area (TPSA) is 78.0 Å². The molecule has 7 nitrogen and oxygen atoms in total. The van der Waals surface area contributed by atoms with E-state index in [9.17, 15) is 13.6 Å². The Morgan fingerprint density at radius 2 is 1.78 bits per heavy atom. The van der Waals surface area contributed by atoms with Crippen LogP contribution in [0, 0.1) is 11.8 Å². The molecule has 1 aromatic carbocycles. The van der Waals surface area contributed by atoms with Gasteiger partial charge in [0, 0.05) is 29.4 Å². The van der Waals surface area contributed by atoms with Gasteiger partial charge in [-0.05, 0) is 55.3 Å². The van der Waals surface area contributed by atoms with Gasteiger partial charge in [-0.1, -0.05) is 19.3 Å². The van der Waals surface area contributed by atoms with Crippen LogP contribution in [-0.4, -0.2) is 34.9 Å². The number of carbonyl (C=O) groups is 1. The molecular weight excluding hydrogens is 474 g/mol. The molecule has 4 aromatic heterocycles. The Morgan fingerprint density at radius 1 is 0.973 bits per heavy atom. The SMILES string of the molecule is O=C(Cc1cn2nc(-c3c(-c4ccc(F)cc4)ncn3C3CCCCC3)ccc2n1)c1ccnc(F)c1. The lowest BCUT2D eigenvalue weighted by molar-refractivity contribution is 0.0991. The monoisotopic (exact) mass is 498 g/mol. The maximum atomic E-state index is 13.6. The number of ketones is 1. The van der Waals surface area contributed by atoms with Gasteiger partial charge in [-0.3, -0.25) is 4.79 Å². The van der Waals surface area contributed by atoms with Crippen LogP contribution in [0.2, 0.25) is 0 Å². The standard InChI is InChI=1S/C28H24F2N6O/c29-20-8-6-18(7-9-20)27-28(35(17-32-27)22-4-2-1-3-5-22)23-10-11-26-33-21(16-36(26)34-23)15-24(37)19-12-13-31-25(30)14-19/h6-14,16-17,22H,1-5,15H2. The molecule has 1 saturated carbocycles. The third kappa shape index (κ3) is 4.64. The molecule has 0 N–H and O–H groups in total. The molecule has 1 fully saturated rings. The first-order valence-corrected chi connectivity index (χ1v) is 12.4. The summed E-state index contributed by atoms with van der Waals surface area (Å²) in [5, 5.41) is 4.83. The average molecular weight is 499 g/mol. The van der Waals surface area contributed by atoms with Crippen LogP contribution in [0.3, 0.4) is 0 Å². The normalized spacial score (nSPS) is 14.3. The number of hydrogen-bond donors (Lipinski definition) is 0. The average Bonchev–Trinajstić information content (AvgIpc) is 3.53. The smallest absolute Gasteiger partial charge is 0.213 e. The Hall–Kier alpha value is -4.27. The number of imidazole rings is 2. The van der Waals surface area contributed by atoms with Crippen LogP contribution < -0.4 is 0 Å². The zero-order valence-corrected chi connectivity index (χ0v) is 20.0. The second-order valence-electron chi connectivity index (χ2n) is 9.37.